The number of thioether (sulfide) groups is 1. The average molecular weight is 275 g/mol. The fraction of sp³-hybridized carbons (Fsp3) is 0.500. The third-order valence-corrected chi connectivity index (χ3v) is 4.29. The smallest absolute Gasteiger partial charge is 0.142 e. The van der Waals surface area contributed by atoms with Gasteiger partial charge in [-0.15, -0.1) is 0 Å². The summed E-state index contributed by atoms with van der Waals surface area (Å²) in [5.41, 5.74) is 6.74. The SMILES string of the molecule is NCC(c1ccc(Cl)c(F)c1)N1CCSCC1. The molecule has 0 amide bonds. The minimum absolute atomic E-state index is 0.0997. The lowest BCUT2D eigenvalue weighted by Gasteiger charge is -2.33. The quantitative estimate of drug-likeness (QED) is 0.918. The van der Waals surface area contributed by atoms with Gasteiger partial charge < -0.3 is 5.73 Å². The summed E-state index contributed by atoms with van der Waals surface area (Å²) in [7, 11) is 0. The summed E-state index contributed by atoms with van der Waals surface area (Å²) in [6.07, 6.45) is 0. The molecule has 0 saturated carbocycles. The van der Waals surface area contributed by atoms with Gasteiger partial charge in [0.05, 0.1) is 5.02 Å². The maximum Gasteiger partial charge on any atom is 0.142 e. The lowest BCUT2D eigenvalue weighted by Crippen LogP contribution is -2.39. The van der Waals surface area contributed by atoms with Gasteiger partial charge in [-0.1, -0.05) is 17.7 Å². The van der Waals surface area contributed by atoms with Gasteiger partial charge in [0.1, 0.15) is 5.82 Å². The van der Waals surface area contributed by atoms with E-state index in [1.54, 1.807) is 6.07 Å². The Morgan fingerprint density at radius 1 is 1.41 bits per heavy atom. The Morgan fingerprint density at radius 2 is 2.12 bits per heavy atom. The average Bonchev–Trinajstić information content (AvgIpc) is 2.36. The van der Waals surface area contributed by atoms with Gasteiger partial charge in [-0.2, -0.15) is 11.8 Å². The van der Waals surface area contributed by atoms with Crippen LogP contribution in [0.1, 0.15) is 11.6 Å². The first-order valence-corrected chi connectivity index (χ1v) is 7.22. The maximum absolute atomic E-state index is 13.4. The molecule has 1 unspecified atom stereocenters. The Kier molecular flexibility index (Phi) is 4.68. The molecule has 94 valence electrons. The Labute approximate surface area is 110 Å². The third kappa shape index (κ3) is 3.13. The predicted molar refractivity (Wildman–Crippen MR) is 72.1 cm³/mol. The van der Waals surface area contributed by atoms with Crippen molar-refractivity contribution in [1.29, 1.82) is 0 Å². The van der Waals surface area contributed by atoms with Crippen LogP contribution in [0.3, 0.4) is 0 Å². The number of halogens is 2. The van der Waals surface area contributed by atoms with Crippen LogP contribution in [0.2, 0.25) is 5.02 Å². The summed E-state index contributed by atoms with van der Waals surface area (Å²) in [6.45, 7) is 2.53. The molecule has 1 fully saturated rings. The minimum Gasteiger partial charge on any atom is -0.329 e. The molecule has 1 aliphatic rings. The molecule has 5 heteroatoms. The maximum atomic E-state index is 13.4. The highest BCUT2D eigenvalue weighted by Crippen LogP contribution is 2.26. The van der Waals surface area contributed by atoms with Crippen molar-refractivity contribution in [3.8, 4) is 0 Å². The summed E-state index contributed by atoms with van der Waals surface area (Å²) in [5.74, 6) is 1.87. The van der Waals surface area contributed by atoms with Crippen LogP contribution in [0.4, 0.5) is 4.39 Å². The highest BCUT2D eigenvalue weighted by molar-refractivity contribution is 7.99. The van der Waals surface area contributed by atoms with E-state index >= 15 is 0 Å². The summed E-state index contributed by atoms with van der Waals surface area (Å²) in [4.78, 5) is 2.32. The normalized spacial score (nSPS) is 19.2. The number of hydrogen-bond donors (Lipinski definition) is 1. The zero-order valence-electron chi connectivity index (χ0n) is 9.53. The Hall–Kier alpha value is -0.290. The number of hydrogen-bond acceptors (Lipinski definition) is 3. The van der Waals surface area contributed by atoms with Crippen LogP contribution < -0.4 is 5.73 Å². The molecule has 2 nitrogen and oxygen atoms in total. The van der Waals surface area contributed by atoms with Gasteiger partial charge in [0, 0.05) is 37.2 Å². The first kappa shape index (κ1) is 13.1. The molecule has 0 spiro atoms. The van der Waals surface area contributed by atoms with Crippen molar-refractivity contribution in [3.63, 3.8) is 0 Å². The van der Waals surface area contributed by atoms with E-state index in [1.165, 1.54) is 6.07 Å². The van der Waals surface area contributed by atoms with E-state index in [9.17, 15) is 4.39 Å². The molecule has 1 aromatic rings. The highest BCUT2D eigenvalue weighted by Gasteiger charge is 2.21. The molecular weight excluding hydrogens is 259 g/mol. The van der Waals surface area contributed by atoms with Crippen LogP contribution in [-0.4, -0.2) is 36.0 Å². The standard InChI is InChI=1S/C12H16ClFN2S/c13-10-2-1-9(7-11(10)14)12(8-15)16-3-5-17-6-4-16/h1-2,7,12H,3-6,8,15H2. The third-order valence-electron chi connectivity index (χ3n) is 3.04. The molecular formula is C12H16ClFN2S. The number of nitrogens with two attached hydrogens (primary N) is 1. The lowest BCUT2D eigenvalue weighted by molar-refractivity contribution is 0.223. The zero-order valence-corrected chi connectivity index (χ0v) is 11.1. The van der Waals surface area contributed by atoms with Gasteiger partial charge in [0.15, 0.2) is 0 Å². The monoisotopic (exact) mass is 274 g/mol. The summed E-state index contributed by atoms with van der Waals surface area (Å²) < 4.78 is 13.4. The number of rotatable bonds is 3. The molecule has 1 aromatic carbocycles. The van der Waals surface area contributed by atoms with Gasteiger partial charge in [0.25, 0.3) is 0 Å². The van der Waals surface area contributed by atoms with Gasteiger partial charge in [-0.3, -0.25) is 4.90 Å². The van der Waals surface area contributed by atoms with E-state index in [0.29, 0.717) is 6.54 Å². The number of benzene rings is 1. The molecule has 0 bridgehead atoms. The summed E-state index contributed by atoms with van der Waals surface area (Å²) in [6, 6.07) is 5.07. The van der Waals surface area contributed by atoms with Gasteiger partial charge in [-0.25, -0.2) is 4.39 Å². The van der Waals surface area contributed by atoms with Gasteiger partial charge in [-0.05, 0) is 17.7 Å². The van der Waals surface area contributed by atoms with Crippen LogP contribution in [-0.2, 0) is 0 Å². The highest BCUT2D eigenvalue weighted by atomic mass is 35.5. The van der Waals surface area contributed by atoms with Crippen molar-refractivity contribution in [3.05, 3.63) is 34.6 Å². The zero-order chi connectivity index (χ0) is 12.3. The van der Waals surface area contributed by atoms with E-state index in [1.807, 2.05) is 17.8 Å². The van der Waals surface area contributed by atoms with Crippen molar-refractivity contribution >= 4 is 23.4 Å². The van der Waals surface area contributed by atoms with Gasteiger partial charge in [0.2, 0.25) is 0 Å². The van der Waals surface area contributed by atoms with Crippen LogP contribution >= 0.6 is 23.4 Å². The molecule has 1 atom stereocenters. The van der Waals surface area contributed by atoms with Crippen LogP contribution in [0, 0.1) is 5.82 Å². The molecule has 0 aromatic heterocycles. The van der Waals surface area contributed by atoms with Crippen molar-refractivity contribution < 1.29 is 4.39 Å². The summed E-state index contributed by atoms with van der Waals surface area (Å²) in [5, 5.41) is 0.165. The molecule has 1 heterocycles. The lowest BCUT2D eigenvalue weighted by atomic mass is 10.1. The second-order valence-corrected chi connectivity index (χ2v) is 5.71. The Bertz CT molecular complexity index is 383. The molecule has 0 radical (unpaired) electrons. The summed E-state index contributed by atoms with van der Waals surface area (Å²) >= 11 is 7.64. The first-order chi connectivity index (χ1) is 8.22. The van der Waals surface area contributed by atoms with Crippen molar-refractivity contribution in [1.82, 2.24) is 4.90 Å². The molecule has 17 heavy (non-hydrogen) atoms. The van der Waals surface area contributed by atoms with Crippen molar-refractivity contribution in [2.45, 2.75) is 6.04 Å². The van der Waals surface area contributed by atoms with E-state index in [2.05, 4.69) is 4.90 Å². The predicted octanol–water partition coefficient (Wildman–Crippen LogP) is 2.53. The minimum atomic E-state index is -0.367. The second-order valence-electron chi connectivity index (χ2n) is 4.07. The van der Waals surface area contributed by atoms with E-state index in [-0.39, 0.29) is 16.9 Å². The molecule has 1 aliphatic heterocycles. The van der Waals surface area contributed by atoms with Gasteiger partial charge >= 0.3 is 0 Å². The Balaban J connectivity index is 2.18. The van der Waals surface area contributed by atoms with E-state index in [0.717, 1.165) is 30.2 Å². The van der Waals surface area contributed by atoms with E-state index in [4.69, 9.17) is 17.3 Å². The van der Waals surface area contributed by atoms with E-state index < -0.39 is 0 Å². The fourth-order valence-corrected chi connectivity index (χ4v) is 3.15. The van der Waals surface area contributed by atoms with Crippen LogP contribution in [0.25, 0.3) is 0 Å². The molecule has 2 N–H and O–H groups in total. The first-order valence-electron chi connectivity index (χ1n) is 5.69. The molecule has 1 saturated heterocycles. The Morgan fingerprint density at radius 3 is 2.71 bits per heavy atom. The van der Waals surface area contributed by atoms with Crippen molar-refractivity contribution in [2.75, 3.05) is 31.1 Å². The number of nitrogens with zero attached hydrogens (tertiary/aromatic N) is 1. The van der Waals surface area contributed by atoms with Crippen LogP contribution in [0.15, 0.2) is 18.2 Å². The largest absolute Gasteiger partial charge is 0.329 e. The topological polar surface area (TPSA) is 29.3 Å². The van der Waals surface area contributed by atoms with Crippen molar-refractivity contribution in [2.24, 2.45) is 5.73 Å². The molecule has 0 aliphatic carbocycles. The van der Waals surface area contributed by atoms with Crippen LogP contribution in [0.5, 0.6) is 0 Å². The fourth-order valence-electron chi connectivity index (χ4n) is 2.10. The molecule has 2 rings (SSSR count). The second kappa shape index (κ2) is 6.05.